The van der Waals surface area contributed by atoms with Crippen LogP contribution in [-0.2, 0) is 33.6 Å². The lowest BCUT2D eigenvalue weighted by atomic mass is 10.0. The van der Waals surface area contributed by atoms with Gasteiger partial charge in [0.1, 0.15) is 30.2 Å². The number of hydrogen-bond acceptors (Lipinski definition) is 11. The lowest BCUT2D eigenvalue weighted by Crippen LogP contribution is -2.59. The van der Waals surface area contributed by atoms with E-state index >= 15 is 0 Å². The Balaban J connectivity index is 3.18. The van der Waals surface area contributed by atoms with Crippen molar-refractivity contribution in [1.29, 1.82) is 0 Å². The Hall–Kier alpha value is -5.25. The Kier molecular flexibility index (Phi) is 20.2. The van der Waals surface area contributed by atoms with Crippen LogP contribution in [0.4, 0.5) is 0 Å². The fraction of sp³-hybridized carbons (Fsp3) is 0.710. The minimum absolute atomic E-state index is 0.0301. The van der Waals surface area contributed by atoms with Gasteiger partial charge in [-0.05, 0) is 57.3 Å². The molecule has 0 aromatic carbocycles. The first-order valence-electron chi connectivity index (χ1n) is 17.4. The topological polar surface area (TPSA) is 392 Å². The largest absolute Gasteiger partial charge is 0.480 e. The van der Waals surface area contributed by atoms with E-state index in [4.69, 9.17) is 34.4 Å². The van der Waals surface area contributed by atoms with E-state index in [1.54, 1.807) is 13.8 Å². The Bertz CT molecular complexity index is 1340. The fourth-order valence-electron chi connectivity index (χ4n) is 5.45. The smallest absolute Gasteiger partial charge is 0.328 e. The van der Waals surface area contributed by atoms with Crippen LogP contribution in [0.5, 0.6) is 0 Å². The zero-order valence-corrected chi connectivity index (χ0v) is 30.3. The SMILES string of the molecule is CC(C)C[C@H](NC(=O)[C@@H]1CCCN1C(=O)[C@H](CCC(N)=O)NC(=O)[C@@H](N)CCCN=C(N)N)C(=O)N[C@@H](CCCN=C(N)N)C(=O)N[C@@H](CO)C(=O)O. The number of carbonyl (C=O) groups excluding carboxylic acids is 6. The number of likely N-dealkylation sites (tertiary alicyclic amines) is 1. The first kappa shape index (κ1) is 45.8. The number of amides is 6. The zero-order chi connectivity index (χ0) is 40.2. The second-order valence-corrected chi connectivity index (χ2v) is 13.1. The summed E-state index contributed by atoms with van der Waals surface area (Å²) < 4.78 is 0. The number of aliphatic imine (C=N–C) groups is 2. The highest BCUT2D eigenvalue weighted by molar-refractivity contribution is 5.96. The highest BCUT2D eigenvalue weighted by atomic mass is 16.4. The molecule has 6 atom stereocenters. The van der Waals surface area contributed by atoms with Crippen molar-refractivity contribution < 1.29 is 43.8 Å². The predicted octanol–water partition coefficient (Wildman–Crippen LogP) is -5.26. The molecule has 1 aliphatic rings. The molecule has 0 aromatic heterocycles. The number of carboxylic acids is 1. The monoisotopic (exact) mass is 755 g/mol. The maximum atomic E-state index is 13.8. The van der Waals surface area contributed by atoms with Gasteiger partial charge in [-0.3, -0.25) is 38.8 Å². The summed E-state index contributed by atoms with van der Waals surface area (Å²) in [6, 6.07) is -7.45. The molecule has 0 aliphatic carbocycles. The van der Waals surface area contributed by atoms with Gasteiger partial charge in [0.25, 0.3) is 0 Å². The molecule has 1 heterocycles. The van der Waals surface area contributed by atoms with Crippen LogP contribution in [0.15, 0.2) is 9.98 Å². The van der Waals surface area contributed by atoms with Crippen LogP contribution < -0.4 is 55.7 Å². The number of carbonyl (C=O) groups is 7. The number of aliphatic hydroxyl groups is 1. The van der Waals surface area contributed by atoms with Gasteiger partial charge < -0.3 is 70.8 Å². The molecule has 0 bridgehead atoms. The van der Waals surface area contributed by atoms with E-state index in [1.807, 2.05) is 0 Å². The molecule has 0 aromatic rings. The van der Waals surface area contributed by atoms with Crippen LogP contribution in [-0.4, -0.2) is 131 Å². The molecule has 1 rings (SSSR count). The van der Waals surface area contributed by atoms with Crippen molar-refractivity contribution in [3.63, 3.8) is 0 Å². The van der Waals surface area contributed by atoms with E-state index in [9.17, 15) is 43.8 Å². The van der Waals surface area contributed by atoms with Gasteiger partial charge in [-0.15, -0.1) is 0 Å². The van der Waals surface area contributed by atoms with E-state index in [2.05, 4.69) is 31.3 Å². The summed E-state index contributed by atoms with van der Waals surface area (Å²) in [6.45, 7) is 3.16. The van der Waals surface area contributed by atoms with Gasteiger partial charge in [0.05, 0.1) is 12.6 Å². The summed E-state index contributed by atoms with van der Waals surface area (Å²) in [5.74, 6) is -6.30. The number of aliphatic carboxylic acids is 1. The molecule has 0 unspecified atom stereocenters. The van der Waals surface area contributed by atoms with E-state index in [0.717, 1.165) is 0 Å². The average molecular weight is 756 g/mol. The van der Waals surface area contributed by atoms with Crippen molar-refractivity contribution in [1.82, 2.24) is 26.2 Å². The molecular weight excluding hydrogens is 698 g/mol. The van der Waals surface area contributed by atoms with Crippen LogP contribution in [0.1, 0.15) is 71.6 Å². The molecule has 6 amide bonds. The lowest BCUT2D eigenvalue weighted by Gasteiger charge is -2.31. The number of rotatable bonds is 24. The third kappa shape index (κ3) is 17.2. The van der Waals surface area contributed by atoms with Crippen molar-refractivity contribution in [2.45, 2.75) is 108 Å². The van der Waals surface area contributed by atoms with Crippen LogP contribution in [0, 0.1) is 5.92 Å². The molecule has 22 heteroatoms. The van der Waals surface area contributed by atoms with Gasteiger partial charge in [0.15, 0.2) is 11.9 Å². The average Bonchev–Trinajstić information content (AvgIpc) is 3.57. The highest BCUT2D eigenvalue weighted by Crippen LogP contribution is 2.21. The maximum Gasteiger partial charge on any atom is 0.328 e. The van der Waals surface area contributed by atoms with E-state index < -0.39 is 84.3 Å². The summed E-state index contributed by atoms with van der Waals surface area (Å²) in [5, 5.41) is 28.6. The Morgan fingerprint density at radius 3 is 1.83 bits per heavy atom. The Labute approximate surface area is 307 Å². The van der Waals surface area contributed by atoms with Gasteiger partial charge in [-0.1, -0.05) is 13.8 Å². The lowest BCUT2D eigenvalue weighted by molar-refractivity contribution is -0.143. The maximum absolute atomic E-state index is 13.8. The van der Waals surface area contributed by atoms with Crippen LogP contribution >= 0.6 is 0 Å². The van der Waals surface area contributed by atoms with Crippen molar-refractivity contribution in [3.05, 3.63) is 0 Å². The number of nitrogens with one attached hydrogen (secondary N) is 4. The Morgan fingerprint density at radius 1 is 0.755 bits per heavy atom. The summed E-state index contributed by atoms with van der Waals surface area (Å²) in [6.07, 6.45) is 1.09. The number of carboxylic acid groups (broad SMARTS) is 1. The third-order valence-electron chi connectivity index (χ3n) is 8.15. The molecule has 0 saturated carbocycles. The normalized spacial score (nSPS) is 16.6. The van der Waals surface area contributed by atoms with E-state index in [0.29, 0.717) is 12.8 Å². The molecule has 1 aliphatic heterocycles. The molecule has 22 nitrogen and oxygen atoms in total. The minimum atomic E-state index is -1.64. The molecule has 300 valence electrons. The second kappa shape index (κ2) is 23.3. The molecule has 1 saturated heterocycles. The first-order valence-corrected chi connectivity index (χ1v) is 17.4. The molecule has 53 heavy (non-hydrogen) atoms. The van der Waals surface area contributed by atoms with Gasteiger partial charge in [0, 0.05) is 26.1 Å². The van der Waals surface area contributed by atoms with Crippen LogP contribution in [0.25, 0.3) is 0 Å². The molecule has 18 N–H and O–H groups in total. The van der Waals surface area contributed by atoms with Crippen molar-refractivity contribution in [2.24, 2.45) is 50.3 Å². The van der Waals surface area contributed by atoms with Gasteiger partial charge >= 0.3 is 5.97 Å². The van der Waals surface area contributed by atoms with Gasteiger partial charge in [0.2, 0.25) is 35.4 Å². The number of primary amides is 1. The summed E-state index contributed by atoms with van der Waals surface area (Å²) in [4.78, 5) is 99.0. The van der Waals surface area contributed by atoms with Gasteiger partial charge in [-0.2, -0.15) is 0 Å². The molecular formula is C31H57N13O9. The number of nitrogens with zero attached hydrogens (tertiary/aromatic N) is 3. The zero-order valence-electron chi connectivity index (χ0n) is 30.3. The third-order valence-corrected chi connectivity index (χ3v) is 8.15. The first-order chi connectivity index (χ1) is 24.9. The predicted molar refractivity (Wildman–Crippen MR) is 193 cm³/mol. The van der Waals surface area contributed by atoms with Crippen molar-refractivity contribution in [3.8, 4) is 0 Å². The minimum Gasteiger partial charge on any atom is -0.480 e. The molecule has 1 fully saturated rings. The highest BCUT2D eigenvalue weighted by Gasteiger charge is 2.39. The number of guanidine groups is 2. The summed E-state index contributed by atoms with van der Waals surface area (Å²) >= 11 is 0. The summed E-state index contributed by atoms with van der Waals surface area (Å²) in [5.41, 5.74) is 32.7. The standard InChI is InChI=1S/C31H57N13O9/c1-16(2)14-20(26(49)40-18(7-4-12-39-31(36)37)25(48)43-21(15-45)29(52)53)42-27(50)22-8-5-13-44(22)28(51)19(9-10-23(33)46)41-24(47)17(32)6-3-11-38-30(34)35/h16-22,45H,3-15,32H2,1-2H3,(H2,33,46)(H,40,49)(H,41,47)(H,42,50)(H,43,48)(H,52,53)(H4,34,35,38)(H4,36,37,39)/t17-,18-,19-,20-,21-,22-/m0/s1. The fourth-order valence-corrected chi connectivity index (χ4v) is 5.45. The number of aliphatic hydroxyl groups excluding tert-OH is 1. The molecule has 0 spiro atoms. The van der Waals surface area contributed by atoms with E-state index in [1.165, 1.54) is 4.90 Å². The number of hydrogen-bond donors (Lipinski definition) is 12. The van der Waals surface area contributed by atoms with Crippen LogP contribution in [0.2, 0.25) is 0 Å². The Morgan fingerprint density at radius 2 is 1.30 bits per heavy atom. The second-order valence-electron chi connectivity index (χ2n) is 13.1. The number of nitrogens with two attached hydrogens (primary N) is 6. The van der Waals surface area contributed by atoms with E-state index in [-0.39, 0.29) is 82.4 Å². The van der Waals surface area contributed by atoms with Gasteiger partial charge in [-0.25, -0.2) is 4.79 Å². The van der Waals surface area contributed by atoms with Crippen molar-refractivity contribution >= 4 is 53.3 Å². The van der Waals surface area contributed by atoms with Crippen LogP contribution in [0.3, 0.4) is 0 Å². The molecule has 0 radical (unpaired) electrons. The van der Waals surface area contributed by atoms with Crippen molar-refractivity contribution in [2.75, 3.05) is 26.2 Å². The quantitative estimate of drug-likeness (QED) is 0.0249. The summed E-state index contributed by atoms with van der Waals surface area (Å²) in [7, 11) is 0.